The Balaban J connectivity index is 2.15. The molecule has 21 heavy (non-hydrogen) atoms. The van der Waals surface area contributed by atoms with Gasteiger partial charge in [0, 0.05) is 16.6 Å². The quantitative estimate of drug-likeness (QED) is 0.838. The van der Waals surface area contributed by atoms with Gasteiger partial charge in [-0.2, -0.15) is 0 Å². The number of aliphatic hydroxyl groups is 1. The van der Waals surface area contributed by atoms with E-state index in [0.29, 0.717) is 16.1 Å². The molecule has 5 nitrogen and oxygen atoms in total. The van der Waals surface area contributed by atoms with E-state index in [9.17, 15) is 8.42 Å². The van der Waals surface area contributed by atoms with Crippen LogP contribution in [0.4, 0.5) is 0 Å². The van der Waals surface area contributed by atoms with E-state index in [0.717, 1.165) is 19.4 Å². The molecule has 0 spiro atoms. The molecule has 1 saturated heterocycles. The number of rotatable bonds is 4. The summed E-state index contributed by atoms with van der Waals surface area (Å²) in [4.78, 5) is 2.45. The Morgan fingerprint density at radius 1 is 1.48 bits per heavy atom. The molecule has 1 aromatic rings. The lowest BCUT2D eigenvalue weighted by Gasteiger charge is -2.35. The highest BCUT2D eigenvalue weighted by atomic mass is 79.9. The summed E-state index contributed by atoms with van der Waals surface area (Å²) >= 11 is 3.27. The highest BCUT2D eigenvalue weighted by Crippen LogP contribution is 2.25. The molecule has 1 aromatic carbocycles. The van der Waals surface area contributed by atoms with Gasteiger partial charge in [-0.3, -0.25) is 0 Å². The first kappa shape index (κ1) is 16.9. The Morgan fingerprint density at radius 3 is 2.76 bits per heavy atom. The number of piperidine rings is 1. The molecule has 0 amide bonds. The summed E-state index contributed by atoms with van der Waals surface area (Å²) in [5, 5.41) is 9.08. The van der Waals surface area contributed by atoms with E-state index in [1.54, 1.807) is 12.1 Å². The van der Waals surface area contributed by atoms with E-state index in [4.69, 9.17) is 5.11 Å². The lowest BCUT2D eigenvalue weighted by Crippen LogP contribution is -2.47. The number of nitrogens with zero attached hydrogens (tertiary/aromatic N) is 1. The second-order valence-corrected chi connectivity index (χ2v) is 8.13. The molecule has 1 aliphatic rings. The van der Waals surface area contributed by atoms with Gasteiger partial charge in [-0.15, -0.1) is 0 Å². The smallest absolute Gasteiger partial charge is 0.241 e. The fourth-order valence-corrected chi connectivity index (χ4v) is 4.95. The van der Waals surface area contributed by atoms with Crippen LogP contribution in [-0.4, -0.2) is 44.1 Å². The number of hydrogen-bond acceptors (Lipinski definition) is 4. The Labute approximate surface area is 134 Å². The van der Waals surface area contributed by atoms with Crippen molar-refractivity contribution in [3.8, 4) is 0 Å². The van der Waals surface area contributed by atoms with Gasteiger partial charge in [-0.25, -0.2) is 13.1 Å². The van der Waals surface area contributed by atoms with E-state index in [2.05, 4.69) is 39.5 Å². The zero-order chi connectivity index (χ0) is 15.6. The number of aliphatic hydroxyl groups excluding tert-OH is 1. The summed E-state index contributed by atoms with van der Waals surface area (Å²) in [5.74, 6) is 0. The normalized spacial score (nSPS) is 24.2. The van der Waals surface area contributed by atoms with Gasteiger partial charge in [0.1, 0.15) is 0 Å². The summed E-state index contributed by atoms with van der Waals surface area (Å²) in [6.45, 7) is 2.88. The van der Waals surface area contributed by atoms with Crippen LogP contribution in [0.25, 0.3) is 0 Å². The van der Waals surface area contributed by atoms with E-state index in [-0.39, 0.29) is 17.5 Å². The van der Waals surface area contributed by atoms with Gasteiger partial charge in [-0.1, -0.05) is 6.07 Å². The van der Waals surface area contributed by atoms with Gasteiger partial charge in [0.2, 0.25) is 10.0 Å². The first-order valence-corrected chi connectivity index (χ1v) is 9.23. The maximum Gasteiger partial charge on any atom is 0.241 e. The highest BCUT2D eigenvalue weighted by Gasteiger charge is 2.28. The summed E-state index contributed by atoms with van der Waals surface area (Å²) in [6, 6.07) is 5.11. The largest absolute Gasteiger partial charge is 0.392 e. The zero-order valence-corrected chi connectivity index (χ0v) is 14.6. The van der Waals surface area contributed by atoms with Crippen LogP contribution < -0.4 is 4.72 Å². The van der Waals surface area contributed by atoms with Crippen molar-refractivity contribution < 1.29 is 13.5 Å². The van der Waals surface area contributed by atoms with Crippen LogP contribution in [0.15, 0.2) is 27.6 Å². The van der Waals surface area contributed by atoms with Crippen LogP contribution in [0, 0.1) is 0 Å². The first-order chi connectivity index (χ1) is 9.83. The molecule has 1 aliphatic heterocycles. The van der Waals surface area contributed by atoms with Gasteiger partial charge < -0.3 is 10.0 Å². The molecule has 2 rings (SSSR count). The molecule has 2 atom stereocenters. The van der Waals surface area contributed by atoms with Crippen molar-refractivity contribution in [3.05, 3.63) is 28.2 Å². The molecular formula is C14H21BrN2O3S. The van der Waals surface area contributed by atoms with Gasteiger partial charge in [0.05, 0.1) is 11.5 Å². The summed E-state index contributed by atoms with van der Waals surface area (Å²) < 4.78 is 28.3. The van der Waals surface area contributed by atoms with E-state index in [1.807, 2.05) is 0 Å². The average molecular weight is 377 g/mol. The summed E-state index contributed by atoms with van der Waals surface area (Å²) in [7, 11) is -1.50. The second-order valence-electron chi connectivity index (χ2n) is 5.60. The predicted octanol–water partition coefficient (Wildman–Crippen LogP) is 1.70. The number of hydrogen-bond donors (Lipinski definition) is 2. The topological polar surface area (TPSA) is 69.6 Å². The van der Waals surface area contributed by atoms with Gasteiger partial charge in [0.15, 0.2) is 0 Å². The standard InChI is InChI=1S/C14H21BrN2O3S/c1-10-7-12(5-6-17(10)2)16-21(19,20)14-4-3-11(9-18)8-13(14)15/h3-4,8,10,12,16,18H,5-7,9H2,1-2H3. The van der Waals surface area contributed by atoms with Crippen molar-refractivity contribution in [3.63, 3.8) is 0 Å². The zero-order valence-electron chi connectivity index (χ0n) is 12.2. The van der Waals surface area contributed by atoms with Crippen LogP contribution in [0.5, 0.6) is 0 Å². The van der Waals surface area contributed by atoms with Crippen LogP contribution >= 0.6 is 15.9 Å². The molecule has 1 heterocycles. The van der Waals surface area contributed by atoms with E-state index >= 15 is 0 Å². The Morgan fingerprint density at radius 2 is 2.19 bits per heavy atom. The lowest BCUT2D eigenvalue weighted by molar-refractivity contribution is 0.178. The SMILES string of the molecule is CC1CC(NS(=O)(=O)c2ccc(CO)cc2Br)CCN1C. The van der Waals surface area contributed by atoms with Crippen molar-refractivity contribution in [2.45, 2.75) is 43.4 Å². The van der Waals surface area contributed by atoms with E-state index in [1.165, 1.54) is 6.07 Å². The predicted molar refractivity (Wildman–Crippen MR) is 85.5 cm³/mol. The van der Waals surface area contributed by atoms with E-state index < -0.39 is 10.0 Å². The van der Waals surface area contributed by atoms with Crippen LogP contribution in [0.3, 0.4) is 0 Å². The average Bonchev–Trinajstić information content (AvgIpc) is 2.42. The molecular weight excluding hydrogens is 356 g/mol. The maximum atomic E-state index is 12.5. The monoisotopic (exact) mass is 376 g/mol. The maximum absolute atomic E-state index is 12.5. The van der Waals surface area contributed by atoms with Crippen molar-refractivity contribution in [1.29, 1.82) is 0 Å². The number of nitrogens with one attached hydrogen (secondary N) is 1. The number of sulfonamides is 1. The molecule has 7 heteroatoms. The molecule has 2 N–H and O–H groups in total. The molecule has 0 radical (unpaired) electrons. The van der Waals surface area contributed by atoms with Crippen molar-refractivity contribution in [2.24, 2.45) is 0 Å². The second kappa shape index (κ2) is 6.75. The molecule has 0 saturated carbocycles. The fraction of sp³-hybridized carbons (Fsp3) is 0.571. The fourth-order valence-electron chi connectivity index (χ4n) is 2.54. The van der Waals surface area contributed by atoms with Gasteiger partial charge >= 0.3 is 0 Å². The third kappa shape index (κ3) is 4.04. The molecule has 0 bridgehead atoms. The Bertz CT molecular complexity index is 606. The number of halogens is 1. The molecule has 0 aliphatic carbocycles. The third-order valence-corrected chi connectivity index (χ3v) is 6.50. The number of likely N-dealkylation sites (tertiary alicyclic amines) is 1. The minimum atomic E-state index is -3.55. The van der Waals surface area contributed by atoms with Gasteiger partial charge in [0.25, 0.3) is 0 Å². The van der Waals surface area contributed by atoms with Gasteiger partial charge in [-0.05, 0) is 67.0 Å². The van der Waals surface area contributed by atoms with Crippen molar-refractivity contribution >= 4 is 26.0 Å². The molecule has 118 valence electrons. The number of benzene rings is 1. The van der Waals surface area contributed by atoms with Crippen molar-refractivity contribution in [2.75, 3.05) is 13.6 Å². The van der Waals surface area contributed by atoms with Crippen LogP contribution in [-0.2, 0) is 16.6 Å². The lowest BCUT2D eigenvalue weighted by atomic mass is 10.0. The minimum absolute atomic E-state index is 0.0365. The Kier molecular flexibility index (Phi) is 5.43. The molecule has 0 aromatic heterocycles. The van der Waals surface area contributed by atoms with Crippen LogP contribution in [0.2, 0.25) is 0 Å². The third-order valence-electron chi connectivity index (χ3n) is 4.00. The van der Waals surface area contributed by atoms with Crippen molar-refractivity contribution in [1.82, 2.24) is 9.62 Å². The first-order valence-electron chi connectivity index (χ1n) is 6.95. The van der Waals surface area contributed by atoms with Crippen LogP contribution in [0.1, 0.15) is 25.3 Å². The molecule has 2 unspecified atom stereocenters. The summed E-state index contributed by atoms with van der Waals surface area (Å²) in [5.41, 5.74) is 0.675. The summed E-state index contributed by atoms with van der Waals surface area (Å²) in [6.07, 6.45) is 1.62. The molecule has 1 fully saturated rings. The highest BCUT2D eigenvalue weighted by molar-refractivity contribution is 9.10. The Hall–Kier alpha value is -0.470. The minimum Gasteiger partial charge on any atom is -0.392 e.